The van der Waals surface area contributed by atoms with Gasteiger partial charge < -0.3 is 20.7 Å². The first kappa shape index (κ1) is 93.9. The SMILES string of the molecule is CC(C)(C)N1CCCCC1.CC(C)N1CC2CCC1CO2.CC(C)N1CCS(=O)(=O)CC1.CC(C)N1CCS(=O)CC1.CC(C)N1CCSCC1.CC(C)NC(C)(C)CCc1ccc(Cl)c(F)c1.CC(C)NC(C)(C)Cc1ccc(Cl)c(F)c1.CC(C)NC(C)(C)Cc1ccc2ccccc2c1. The van der Waals surface area contributed by atoms with Gasteiger partial charge in [-0.25, -0.2) is 17.2 Å². The molecular formula is C83H144Cl2F2N8O4S3. The van der Waals surface area contributed by atoms with Crippen LogP contribution < -0.4 is 16.0 Å². The lowest BCUT2D eigenvalue weighted by molar-refractivity contribution is -0.115. The highest BCUT2D eigenvalue weighted by Crippen LogP contribution is 2.28. The summed E-state index contributed by atoms with van der Waals surface area (Å²) in [7, 11) is -3.21. The smallest absolute Gasteiger partial charge is 0.152 e. The van der Waals surface area contributed by atoms with Crippen molar-refractivity contribution < 1.29 is 26.1 Å². The van der Waals surface area contributed by atoms with Gasteiger partial charge >= 0.3 is 0 Å². The minimum Gasteiger partial charge on any atom is -0.375 e. The predicted molar refractivity (Wildman–Crippen MR) is 443 cm³/mol. The zero-order chi connectivity index (χ0) is 76.8. The van der Waals surface area contributed by atoms with Crippen LogP contribution in [0.5, 0.6) is 0 Å². The summed E-state index contributed by atoms with van der Waals surface area (Å²) in [4.78, 5) is 12.3. The number of rotatable bonds is 17. The maximum Gasteiger partial charge on any atom is 0.152 e. The Labute approximate surface area is 639 Å². The Morgan fingerprint density at radius 3 is 1.38 bits per heavy atom. The van der Waals surface area contributed by atoms with E-state index in [0.717, 1.165) is 80.1 Å². The fourth-order valence-electron chi connectivity index (χ4n) is 14.0. The number of thioether (sulfide) groups is 1. The fraction of sp³-hybridized carbons (Fsp3) is 0.735. The third-order valence-electron chi connectivity index (χ3n) is 19.2. The van der Waals surface area contributed by atoms with Crippen molar-refractivity contribution in [2.45, 2.75) is 294 Å². The van der Waals surface area contributed by atoms with Crippen molar-refractivity contribution in [3.8, 4) is 0 Å². The average Bonchev–Trinajstić information content (AvgIpc) is 0.831. The molecule has 4 aromatic carbocycles. The minimum atomic E-state index is -2.69. The number of hydrogen-bond donors (Lipinski definition) is 3. The van der Waals surface area contributed by atoms with Gasteiger partial charge in [0.2, 0.25) is 0 Å². The molecule has 7 aliphatic rings. The van der Waals surface area contributed by atoms with Crippen molar-refractivity contribution in [1.29, 1.82) is 0 Å². The number of nitrogens with zero attached hydrogens (tertiary/aromatic N) is 5. The highest BCUT2D eigenvalue weighted by molar-refractivity contribution is 7.99. The number of aryl methyl sites for hydroxylation is 1. The Kier molecular flexibility index (Phi) is 42.6. The summed E-state index contributed by atoms with van der Waals surface area (Å²) in [5, 5.41) is 13.6. The number of halogens is 4. The number of piperidine rings is 2. The van der Waals surface area contributed by atoms with Crippen LogP contribution in [0.15, 0.2) is 78.9 Å². The van der Waals surface area contributed by atoms with Crippen molar-refractivity contribution in [3.63, 3.8) is 0 Å². The molecule has 0 saturated carbocycles. The van der Waals surface area contributed by atoms with Crippen molar-refractivity contribution in [1.82, 2.24) is 40.4 Å². The van der Waals surface area contributed by atoms with Gasteiger partial charge in [-0.15, -0.1) is 0 Å². The van der Waals surface area contributed by atoms with Crippen LogP contribution in [0.2, 0.25) is 10.0 Å². The molecule has 0 aliphatic carbocycles. The molecule has 4 aromatic rings. The van der Waals surface area contributed by atoms with E-state index in [4.69, 9.17) is 27.9 Å². The lowest BCUT2D eigenvalue weighted by atomic mass is 9.93. The molecule has 7 saturated heterocycles. The molecular weight excluding hydrogens is 1380 g/mol. The van der Waals surface area contributed by atoms with Crippen molar-refractivity contribution in [2.24, 2.45) is 0 Å². The van der Waals surface area contributed by atoms with E-state index in [0.29, 0.717) is 72.5 Å². The summed E-state index contributed by atoms with van der Waals surface area (Å²) in [6.45, 7) is 61.3. The molecule has 19 heteroatoms. The van der Waals surface area contributed by atoms with Crippen LogP contribution in [-0.4, -0.2) is 214 Å². The van der Waals surface area contributed by atoms with Crippen LogP contribution in [0.1, 0.15) is 214 Å². The summed E-state index contributed by atoms with van der Waals surface area (Å²) in [6.07, 6.45) is 11.1. The Morgan fingerprint density at radius 2 is 0.980 bits per heavy atom. The largest absolute Gasteiger partial charge is 0.375 e. The number of benzene rings is 4. The third-order valence-corrected chi connectivity index (χ3v) is 23.6. The van der Waals surface area contributed by atoms with E-state index < -0.39 is 20.6 Å². The zero-order valence-electron chi connectivity index (χ0n) is 68.0. The Morgan fingerprint density at radius 1 is 0.539 bits per heavy atom. The number of sulfone groups is 1. The molecule has 0 amide bonds. The second-order valence-corrected chi connectivity index (χ2v) is 39.8. The number of nitrogens with one attached hydrogen (secondary N) is 3. The predicted octanol–water partition coefficient (Wildman–Crippen LogP) is 17.7. The number of fused-ring (bicyclic) bond motifs is 4. The van der Waals surface area contributed by atoms with Gasteiger partial charge in [-0.1, -0.05) is 126 Å². The maximum atomic E-state index is 13.3. The standard InChI is InChI=1S/C17H23N.C14H21ClFN.C13H19ClFN.C9H17NO.C9H19N.C7H15NO2S.C7H15NOS.C7H15NS/c1-13(2)18-17(3,4)12-14-9-10-15-7-5-6-8-16(15)11-14;1-10(2)17-14(3,4)8-7-11-5-6-12(15)13(16)9-11;1-9(2)16-13(3,4)8-10-5-6-11(14)12(15)7-10;1-7(2)10-5-9-4-3-8(10)6-11-9;1-9(2,3)10-7-5-4-6-8-10;1-7(2)8-3-5-11(9,10)6-4-8;1-7(2)8-3-5-10(9)6-4-8;1-7(2)8-3-5-9-6-4-8/h5-11,13,18H,12H2,1-4H3;5-6,9-10,17H,7-8H2,1-4H3;5-7,9,16H,8H2,1-4H3;7-9H,3-6H2,1-2H3;4-8H2,1-3H3;7H,3-6H2,1-2H3;7H,3-6H2,1-2H3;7H,3-6H2,1-2H3. The summed E-state index contributed by atoms with van der Waals surface area (Å²) in [5.41, 5.74) is 3.90. The van der Waals surface area contributed by atoms with Gasteiger partial charge in [0.15, 0.2) is 9.84 Å². The van der Waals surface area contributed by atoms with E-state index in [1.807, 2.05) is 12.1 Å². The molecule has 12 nitrogen and oxygen atoms in total. The molecule has 2 atom stereocenters. The molecule has 7 heterocycles. The molecule has 0 spiro atoms. The van der Waals surface area contributed by atoms with E-state index in [2.05, 4.69) is 254 Å². The molecule has 0 radical (unpaired) electrons. The molecule has 586 valence electrons. The van der Waals surface area contributed by atoms with Crippen molar-refractivity contribution in [2.75, 3.05) is 100 Å². The van der Waals surface area contributed by atoms with Crippen LogP contribution in [0.3, 0.4) is 0 Å². The fourth-order valence-corrected chi connectivity index (χ4v) is 17.5. The number of morpholine rings is 1. The van der Waals surface area contributed by atoms with Gasteiger partial charge in [0.25, 0.3) is 0 Å². The van der Waals surface area contributed by atoms with Crippen LogP contribution in [0, 0.1) is 11.6 Å². The van der Waals surface area contributed by atoms with Gasteiger partial charge in [0.1, 0.15) is 11.6 Å². The molecule has 7 aliphatic heterocycles. The summed E-state index contributed by atoms with van der Waals surface area (Å²) < 4.78 is 65.0. The Bertz CT molecular complexity index is 3080. The minimum absolute atomic E-state index is 0.0472. The van der Waals surface area contributed by atoms with Gasteiger partial charge in [0, 0.05) is 150 Å². The van der Waals surface area contributed by atoms with E-state index in [1.165, 1.54) is 105 Å². The quantitative estimate of drug-likeness (QED) is 0.0933. The molecule has 2 bridgehead atoms. The second-order valence-electron chi connectivity index (χ2n) is 33.8. The first-order valence-corrected chi connectivity index (χ1v) is 43.8. The highest BCUT2D eigenvalue weighted by atomic mass is 35.5. The normalized spacial score (nSPS) is 19.7. The number of likely N-dealkylation sites (tertiary alicyclic amines) is 1. The lowest BCUT2D eigenvalue weighted by Crippen LogP contribution is -2.56. The van der Waals surface area contributed by atoms with E-state index in [-0.39, 0.29) is 38.3 Å². The van der Waals surface area contributed by atoms with Crippen LogP contribution in [0.4, 0.5) is 8.78 Å². The number of ether oxygens (including phenoxy) is 1. The maximum absolute atomic E-state index is 13.3. The lowest BCUT2D eigenvalue weighted by Gasteiger charge is -2.47. The van der Waals surface area contributed by atoms with Crippen LogP contribution in [-0.2, 0) is 44.6 Å². The van der Waals surface area contributed by atoms with E-state index in [9.17, 15) is 21.4 Å². The van der Waals surface area contributed by atoms with Gasteiger partial charge in [-0.2, -0.15) is 11.8 Å². The Hall–Kier alpha value is -2.33. The molecule has 3 N–H and O–H groups in total. The van der Waals surface area contributed by atoms with Crippen LogP contribution in [0.25, 0.3) is 10.8 Å². The monoisotopic (exact) mass is 1520 g/mol. The van der Waals surface area contributed by atoms with Crippen molar-refractivity contribution >= 4 is 66.4 Å². The topological polar surface area (TPSA) is 113 Å². The molecule has 7 fully saturated rings. The summed E-state index contributed by atoms with van der Waals surface area (Å²) in [5.74, 6) is 4.40. The van der Waals surface area contributed by atoms with Gasteiger partial charge in [-0.3, -0.25) is 28.7 Å². The molecule has 0 aromatic heterocycles. The highest BCUT2D eigenvalue weighted by Gasteiger charge is 2.36. The average molecular weight is 1520 g/mol. The molecule has 11 rings (SSSR count). The second kappa shape index (κ2) is 46.2. The summed E-state index contributed by atoms with van der Waals surface area (Å²) >= 11 is 13.4. The van der Waals surface area contributed by atoms with E-state index >= 15 is 0 Å². The molecule has 102 heavy (non-hydrogen) atoms. The number of hydrogen-bond acceptors (Lipinski definition) is 13. The summed E-state index contributed by atoms with van der Waals surface area (Å²) in [6, 6.07) is 30.0. The first-order chi connectivity index (χ1) is 47.5. The first-order valence-electron chi connectivity index (χ1n) is 38.6. The van der Waals surface area contributed by atoms with Crippen LogP contribution >= 0.6 is 35.0 Å². The third kappa shape index (κ3) is 39.2. The van der Waals surface area contributed by atoms with E-state index in [1.54, 1.807) is 12.1 Å². The zero-order valence-corrected chi connectivity index (χ0v) is 71.9. The van der Waals surface area contributed by atoms with Gasteiger partial charge in [0.05, 0.1) is 34.3 Å². The van der Waals surface area contributed by atoms with Crippen molar-refractivity contribution in [3.05, 3.63) is 117 Å². The molecule has 2 unspecified atom stereocenters. The Balaban J connectivity index is 0.000000307. The van der Waals surface area contributed by atoms with Gasteiger partial charge in [-0.05, 0) is 234 Å².